The molecule has 0 spiro atoms. The van der Waals surface area contributed by atoms with Crippen LogP contribution in [0.3, 0.4) is 0 Å². The van der Waals surface area contributed by atoms with E-state index in [9.17, 15) is 9.59 Å². The molecule has 0 atom stereocenters. The van der Waals surface area contributed by atoms with E-state index < -0.39 is 11.9 Å². The van der Waals surface area contributed by atoms with E-state index >= 15 is 0 Å². The van der Waals surface area contributed by atoms with Gasteiger partial charge < -0.3 is 14.8 Å². The lowest BCUT2D eigenvalue weighted by Gasteiger charge is -2.08. The third-order valence-electron chi connectivity index (χ3n) is 3.67. The Morgan fingerprint density at radius 2 is 1.93 bits per heavy atom. The van der Waals surface area contributed by atoms with Gasteiger partial charge in [-0.05, 0) is 29.5 Å². The van der Waals surface area contributed by atoms with E-state index in [4.69, 9.17) is 9.47 Å². The van der Waals surface area contributed by atoms with Crippen molar-refractivity contribution in [2.45, 2.75) is 6.54 Å². The van der Waals surface area contributed by atoms with Gasteiger partial charge in [-0.15, -0.1) is 10.2 Å². The maximum absolute atomic E-state index is 12.3. The number of hydrogen-bond acceptors (Lipinski definition) is 7. The second-order valence-corrected chi connectivity index (χ2v) is 5.46. The Morgan fingerprint density at radius 1 is 1.11 bits per heavy atom. The van der Waals surface area contributed by atoms with Gasteiger partial charge in [-0.25, -0.2) is 4.79 Å². The molecule has 1 amide bonds. The minimum Gasteiger partial charge on any atom is -0.497 e. The van der Waals surface area contributed by atoms with Crippen LogP contribution in [0.2, 0.25) is 0 Å². The van der Waals surface area contributed by atoms with Gasteiger partial charge in [0.05, 0.1) is 25.5 Å². The van der Waals surface area contributed by atoms with Crippen molar-refractivity contribution in [3.63, 3.8) is 0 Å². The van der Waals surface area contributed by atoms with Crippen molar-refractivity contribution >= 4 is 17.6 Å². The van der Waals surface area contributed by atoms with Gasteiger partial charge in [0.25, 0.3) is 0 Å². The Labute approximate surface area is 154 Å². The van der Waals surface area contributed by atoms with E-state index in [2.05, 4.69) is 20.7 Å². The Hall–Kier alpha value is -3.75. The summed E-state index contributed by atoms with van der Waals surface area (Å²) < 4.78 is 9.88. The smallest absolute Gasteiger partial charge is 0.339 e. The van der Waals surface area contributed by atoms with Gasteiger partial charge in [0.2, 0.25) is 11.7 Å². The molecule has 1 aromatic heterocycles. The number of nitrogens with zero attached hydrogens (tertiary/aromatic N) is 4. The molecule has 0 aliphatic rings. The highest BCUT2D eigenvalue weighted by molar-refractivity contribution is 6.01. The number of benzene rings is 2. The van der Waals surface area contributed by atoms with Crippen molar-refractivity contribution in [2.24, 2.45) is 0 Å². The largest absolute Gasteiger partial charge is 0.497 e. The number of carbonyl (C=O) groups is 2. The fourth-order valence-electron chi connectivity index (χ4n) is 2.39. The molecule has 9 heteroatoms. The zero-order chi connectivity index (χ0) is 19.2. The first kappa shape index (κ1) is 18.1. The van der Waals surface area contributed by atoms with Gasteiger partial charge in [0, 0.05) is 5.56 Å². The second-order valence-electron chi connectivity index (χ2n) is 5.46. The number of tetrazole rings is 1. The normalized spacial score (nSPS) is 10.3. The zero-order valence-corrected chi connectivity index (χ0v) is 14.7. The summed E-state index contributed by atoms with van der Waals surface area (Å²) in [6.45, 7) is -0.160. The Bertz CT molecular complexity index is 970. The quantitative estimate of drug-likeness (QED) is 0.662. The van der Waals surface area contributed by atoms with Gasteiger partial charge in [0.1, 0.15) is 12.3 Å². The van der Waals surface area contributed by atoms with Crippen molar-refractivity contribution < 1.29 is 19.1 Å². The molecule has 0 saturated heterocycles. The number of methoxy groups -OCH3 is 2. The van der Waals surface area contributed by atoms with Crippen LogP contribution >= 0.6 is 0 Å². The highest BCUT2D eigenvalue weighted by Gasteiger charge is 2.15. The molecule has 0 aliphatic carbocycles. The molecule has 27 heavy (non-hydrogen) atoms. The molecule has 1 N–H and O–H groups in total. The monoisotopic (exact) mass is 367 g/mol. The van der Waals surface area contributed by atoms with Gasteiger partial charge in [0.15, 0.2) is 0 Å². The summed E-state index contributed by atoms with van der Waals surface area (Å²) >= 11 is 0. The van der Waals surface area contributed by atoms with Crippen LogP contribution in [0.15, 0.2) is 48.5 Å². The fraction of sp³-hybridized carbons (Fsp3) is 0.167. The molecule has 3 aromatic rings. The van der Waals surface area contributed by atoms with E-state index in [1.807, 2.05) is 12.1 Å². The van der Waals surface area contributed by atoms with Crippen LogP contribution in [0.1, 0.15) is 10.4 Å². The summed E-state index contributed by atoms with van der Waals surface area (Å²) in [6, 6.07) is 13.8. The van der Waals surface area contributed by atoms with Gasteiger partial charge in [-0.2, -0.15) is 4.80 Å². The molecule has 0 bridgehead atoms. The molecule has 0 radical (unpaired) electrons. The van der Waals surface area contributed by atoms with Crippen molar-refractivity contribution in [3.8, 4) is 17.1 Å². The van der Waals surface area contributed by atoms with E-state index in [1.54, 1.807) is 43.5 Å². The average molecular weight is 367 g/mol. The highest BCUT2D eigenvalue weighted by Crippen LogP contribution is 2.20. The SMILES string of the molecule is COC(=O)c1ccccc1NC(=O)Cn1nnc(-c2cccc(OC)c2)n1. The molecule has 0 fully saturated rings. The maximum atomic E-state index is 12.3. The van der Waals surface area contributed by atoms with E-state index in [-0.39, 0.29) is 12.1 Å². The standard InChI is InChI=1S/C18H17N5O4/c1-26-13-7-5-6-12(10-13)17-20-22-23(21-17)11-16(24)19-15-9-4-3-8-14(15)18(25)27-2/h3-10H,11H2,1-2H3,(H,19,24). The summed E-state index contributed by atoms with van der Waals surface area (Å²) in [5.74, 6) is 0.101. The second kappa shape index (κ2) is 8.09. The molecule has 1 heterocycles. The summed E-state index contributed by atoms with van der Waals surface area (Å²) in [6.07, 6.45) is 0. The van der Waals surface area contributed by atoms with E-state index in [0.717, 1.165) is 5.56 Å². The molecule has 2 aromatic carbocycles. The Balaban J connectivity index is 1.71. The molecular formula is C18H17N5O4. The number of nitrogens with one attached hydrogen (secondary N) is 1. The van der Waals surface area contributed by atoms with Gasteiger partial charge >= 0.3 is 5.97 Å². The number of amides is 1. The van der Waals surface area contributed by atoms with E-state index in [1.165, 1.54) is 11.9 Å². The number of rotatable bonds is 6. The molecule has 0 saturated carbocycles. The third kappa shape index (κ3) is 4.27. The number of aromatic nitrogens is 4. The lowest BCUT2D eigenvalue weighted by atomic mass is 10.2. The number of ether oxygens (including phenoxy) is 2. The Kier molecular flexibility index (Phi) is 5.41. The summed E-state index contributed by atoms with van der Waals surface area (Å²) in [5.41, 5.74) is 1.33. The summed E-state index contributed by atoms with van der Waals surface area (Å²) in [5, 5.41) is 14.7. The Morgan fingerprint density at radius 3 is 2.70 bits per heavy atom. The van der Waals surface area contributed by atoms with Crippen LogP contribution in [0.4, 0.5) is 5.69 Å². The molecule has 0 unspecified atom stereocenters. The number of anilines is 1. The number of carbonyl (C=O) groups excluding carboxylic acids is 2. The zero-order valence-electron chi connectivity index (χ0n) is 14.7. The highest BCUT2D eigenvalue weighted by atomic mass is 16.5. The first-order valence-electron chi connectivity index (χ1n) is 8.00. The van der Waals surface area contributed by atoms with Crippen molar-refractivity contribution in [3.05, 3.63) is 54.1 Å². The fourth-order valence-corrected chi connectivity index (χ4v) is 2.39. The average Bonchev–Trinajstić information content (AvgIpc) is 3.16. The minimum absolute atomic E-state index is 0.160. The number of hydrogen-bond donors (Lipinski definition) is 1. The lowest BCUT2D eigenvalue weighted by molar-refractivity contribution is -0.117. The molecule has 9 nitrogen and oxygen atoms in total. The molecular weight excluding hydrogens is 350 g/mol. The topological polar surface area (TPSA) is 108 Å². The predicted molar refractivity (Wildman–Crippen MR) is 96.2 cm³/mol. The third-order valence-corrected chi connectivity index (χ3v) is 3.67. The van der Waals surface area contributed by atoms with Crippen molar-refractivity contribution in [1.82, 2.24) is 20.2 Å². The van der Waals surface area contributed by atoms with Crippen LogP contribution in [0.5, 0.6) is 5.75 Å². The molecule has 3 rings (SSSR count). The van der Waals surface area contributed by atoms with Crippen molar-refractivity contribution in [1.29, 1.82) is 0 Å². The van der Waals surface area contributed by atoms with Gasteiger partial charge in [-0.3, -0.25) is 4.79 Å². The van der Waals surface area contributed by atoms with Crippen LogP contribution in [0, 0.1) is 0 Å². The van der Waals surface area contributed by atoms with Crippen molar-refractivity contribution in [2.75, 3.05) is 19.5 Å². The number of esters is 1. The van der Waals surface area contributed by atoms with Gasteiger partial charge in [-0.1, -0.05) is 24.3 Å². The first-order valence-corrected chi connectivity index (χ1v) is 8.00. The minimum atomic E-state index is -0.537. The van der Waals surface area contributed by atoms with Crippen LogP contribution in [-0.2, 0) is 16.1 Å². The van der Waals surface area contributed by atoms with Crippen LogP contribution in [0.25, 0.3) is 11.4 Å². The first-order chi connectivity index (χ1) is 13.1. The summed E-state index contributed by atoms with van der Waals surface area (Å²) in [7, 11) is 2.85. The summed E-state index contributed by atoms with van der Waals surface area (Å²) in [4.78, 5) is 25.2. The predicted octanol–water partition coefficient (Wildman–Crippen LogP) is 1.77. The van der Waals surface area contributed by atoms with E-state index in [0.29, 0.717) is 17.3 Å². The molecule has 138 valence electrons. The molecule has 0 aliphatic heterocycles. The van der Waals surface area contributed by atoms with Crippen LogP contribution in [-0.4, -0.2) is 46.3 Å². The lowest BCUT2D eigenvalue weighted by Crippen LogP contribution is -2.22. The number of para-hydroxylation sites is 1. The maximum Gasteiger partial charge on any atom is 0.339 e. The van der Waals surface area contributed by atoms with Crippen LogP contribution < -0.4 is 10.1 Å².